The molecule has 1 aliphatic heterocycles. The van der Waals surface area contributed by atoms with Gasteiger partial charge in [0.1, 0.15) is 11.3 Å². The Morgan fingerprint density at radius 2 is 2.19 bits per heavy atom. The number of hydrogen-bond donors (Lipinski definition) is 1. The van der Waals surface area contributed by atoms with Crippen molar-refractivity contribution in [1.29, 1.82) is 0 Å². The number of amides is 1. The van der Waals surface area contributed by atoms with Crippen molar-refractivity contribution in [2.45, 2.75) is 12.5 Å². The molecule has 11 nitrogen and oxygen atoms in total. The van der Waals surface area contributed by atoms with E-state index in [0.29, 0.717) is 35.3 Å². The second-order valence-electron chi connectivity index (χ2n) is 7.40. The van der Waals surface area contributed by atoms with E-state index < -0.39 is 17.8 Å². The highest BCUT2D eigenvalue weighted by Gasteiger charge is 2.39. The summed E-state index contributed by atoms with van der Waals surface area (Å²) in [5, 5.41) is 12.0. The first-order valence-electron chi connectivity index (χ1n) is 9.78. The lowest BCUT2D eigenvalue weighted by molar-refractivity contribution is 0.0627. The average molecular weight is 434 g/mol. The molecule has 0 fully saturated rings. The van der Waals surface area contributed by atoms with E-state index >= 15 is 0 Å². The molecule has 0 radical (unpaired) electrons. The molecule has 0 aliphatic carbocycles. The smallest absolute Gasteiger partial charge is 0.312 e. The van der Waals surface area contributed by atoms with E-state index in [1.54, 1.807) is 30.5 Å². The second-order valence-corrected chi connectivity index (χ2v) is 7.40. The minimum absolute atomic E-state index is 0.171. The van der Waals surface area contributed by atoms with Crippen LogP contribution in [0.4, 0.5) is 4.39 Å². The molecule has 4 aromatic heterocycles. The number of aryl methyl sites for hydroxylation is 1. The summed E-state index contributed by atoms with van der Waals surface area (Å²) in [4.78, 5) is 26.8. The van der Waals surface area contributed by atoms with E-state index in [0.717, 1.165) is 5.69 Å². The van der Waals surface area contributed by atoms with E-state index in [4.69, 9.17) is 8.83 Å². The van der Waals surface area contributed by atoms with Crippen LogP contribution < -0.4 is 0 Å². The molecule has 0 unspecified atom stereocenters. The average Bonchev–Trinajstić information content (AvgIpc) is 3.57. The predicted octanol–water partition coefficient (Wildman–Crippen LogP) is 2.26. The van der Waals surface area contributed by atoms with E-state index in [-0.39, 0.29) is 17.7 Å². The van der Waals surface area contributed by atoms with E-state index in [9.17, 15) is 9.18 Å². The summed E-state index contributed by atoms with van der Waals surface area (Å²) in [6, 6.07) is 3.34. The molecular formula is C20H15FN8O3. The number of imidazole rings is 1. The van der Waals surface area contributed by atoms with Gasteiger partial charge < -0.3 is 18.7 Å². The highest BCUT2D eigenvalue weighted by molar-refractivity contribution is 5.90. The number of aromatic amines is 1. The lowest BCUT2D eigenvalue weighted by atomic mass is 10.0. The molecule has 160 valence electrons. The first kappa shape index (κ1) is 18.4. The number of rotatable bonds is 3. The molecule has 1 N–H and O–H groups in total. The van der Waals surface area contributed by atoms with Crippen LogP contribution in [0.25, 0.3) is 22.6 Å². The zero-order valence-corrected chi connectivity index (χ0v) is 16.7. The summed E-state index contributed by atoms with van der Waals surface area (Å²) in [5.74, 6) is -0.676. The Balaban J connectivity index is 1.40. The molecular weight excluding hydrogens is 419 g/mol. The highest BCUT2D eigenvalue weighted by atomic mass is 19.1. The molecule has 0 spiro atoms. The Hall–Kier alpha value is -4.35. The maximum atomic E-state index is 13.7. The zero-order valence-electron chi connectivity index (χ0n) is 16.7. The van der Waals surface area contributed by atoms with Crippen molar-refractivity contribution < 1.29 is 18.0 Å². The van der Waals surface area contributed by atoms with Crippen LogP contribution in [-0.2, 0) is 13.5 Å². The number of nitrogens with zero attached hydrogens (tertiary/aromatic N) is 7. The molecule has 6 rings (SSSR count). The van der Waals surface area contributed by atoms with Gasteiger partial charge in [-0.1, -0.05) is 0 Å². The van der Waals surface area contributed by atoms with Crippen LogP contribution >= 0.6 is 0 Å². The molecule has 12 heteroatoms. The van der Waals surface area contributed by atoms with Gasteiger partial charge in [0, 0.05) is 38.0 Å². The normalized spacial score (nSPS) is 15.9. The number of H-pyrrole nitrogens is 1. The Morgan fingerprint density at radius 1 is 1.28 bits per heavy atom. The molecule has 5 heterocycles. The third-order valence-electron chi connectivity index (χ3n) is 5.35. The maximum Gasteiger partial charge on any atom is 0.312 e. The fraction of sp³-hybridized carbons (Fsp3) is 0.200. The molecule has 5 aromatic rings. The van der Waals surface area contributed by atoms with Crippen LogP contribution in [0.5, 0.6) is 0 Å². The SMILES string of the molecule is Cn1cc(-c2nnc(C(=O)N3CCc4[nH]cnc4[C@H]3c3nc4cc(F)ccc4o3)o2)cn1. The van der Waals surface area contributed by atoms with Gasteiger partial charge in [-0.05, 0) is 12.1 Å². The van der Waals surface area contributed by atoms with Crippen molar-refractivity contribution in [2.75, 3.05) is 6.54 Å². The molecule has 0 saturated heterocycles. The van der Waals surface area contributed by atoms with Crippen molar-refractivity contribution >= 4 is 17.0 Å². The van der Waals surface area contributed by atoms with E-state index in [2.05, 4.69) is 30.2 Å². The van der Waals surface area contributed by atoms with Crippen molar-refractivity contribution in [1.82, 2.24) is 39.8 Å². The van der Waals surface area contributed by atoms with Crippen LogP contribution in [0.3, 0.4) is 0 Å². The number of nitrogens with one attached hydrogen (secondary N) is 1. The Bertz CT molecular complexity index is 1460. The summed E-state index contributed by atoms with van der Waals surface area (Å²) in [6.45, 7) is 0.344. The fourth-order valence-electron chi connectivity index (χ4n) is 3.86. The van der Waals surface area contributed by atoms with Crippen molar-refractivity contribution in [3.8, 4) is 11.5 Å². The van der Waals surface area contributed by atoms with Crippen LogP contribution in [-0.4, -0.2) is 52.3 Å². The van der Waals surface area contributed by atoms with Crippen LogP contribution in [0.1, 0.15) is 34.0 Å². The van der Waals surface area contributed by atoms with E-state index in [1.165, 1.54) is 23.1 Å². The summed E-state index contributed by atoms with van der Waals surface area (Å²) in [5.41, 5.74) is 2.84. The summed E-state index contributed by atoms with van der Waals surface area (Å²) < 4.78 is 26.8. The molecule has 1 aliphatic rings. The topological polar surface area (TPSA) is 132 Å². The molecule has 0 saturated carbocycles. The first-order chi connectivity index (χ1) is 15.6. The van der Waals surface area contributed by atoms with Gasteiger partial charge in [-0.3, -0.25) is 9.48 Å². The van der Waals surface area contributed by atoms with Gasteiger partial charge in [-0.15, -0.1) is 10.2 Å². The third kappa shape index (κ3) is 2.87. The van der Waals surface area contributed by atoms with Crippen LogP contribution in [0, 0.1) is 5.82 Å². The number of aromatic nitrogens is 7. The monoisotopic (exact) mass is 434 g/mol. The summed E-state index contributed by atoms with van der Waals surface area (Å²) >= 11 is 0. The molecule has 32 heavy (non-hydrogen) atoms. The predicted molar refractivity (Wildman–Crippen MR) is 106 cm³/mol. The molecule has 1 amide bonds. The van der Waals surface area contributed by atoms with Crippen molar-refractivity contribution in [3.05, 3.63) is 65.9 Å². The molecule has 0 bridgehead atoms. The minimum atomic E-state index is -0.735. The number of benzene rings is 1. The highest BCUT2D eigenvalue weighted by Crippen LogP contribution is 2.35. The van der Waals surface area contributed by atoms with Gasteiger partial charge in [0.05, 0.1) is 23.8 Å². The second kappa shape index (κ2) is 6.83. The van der Waals surface area contributed by atoms with Gasteiger partial charge in [0.2, 0.25) is 5.89 Å². The minimum Gasteiger partial charge on any atom is -0.438 e. The van der Waals surface area contributed by atoms with Crippen LogP contribution in [0.2, 0.25) is 0 Å². The maximum absolute atomic E-state index is 13.7. The number of carbonyl (C=O) groups excluding carboxylic acids is 1. The Kier molecular flexibility index (Phi) is 3.93. The standard InChI is InChI=1S/C20H15FN8O3/c1-28-8-10(7-24-28)17-26-27-19(32-17)20(30)29-5-4-12-15(23-9-22-12)16(29)18-25-13-6-11(21)2-3-14(13)31-18/h2-3,6-9,16H,4-5H2,1H3,(H,22,23)/t16-/m0/s1. The zero-order chi connectivity index (χ0) is 21.8. The fourth-order valence-corrected chi connectivity index (χ4v) is 3.86. The van der Waals surface area contributed by atoms with Gasteiger partial charge in [-0.2, -0.15) is 5.10 Å². The first-order valence-corrected chi connectivity index (χ1v) is 9.78. The van der Waals surface area contributed by atoms with Gasteiger partial charge in [0.25, 0.3) is 5.89 Å². The molecule has 1 aromatic carbocycles. The van der Waals surface area contributed by atoms with Gasteiger partial charge in [-0.25, -0.2) is 14.4 Å². The van der Waals surface area contributed by atoms with Crippen molar-refractivity contribution in [2.24, 2.45) is 7.05 Å². The lowest BCUT2D eigenvalue weighted by Crippen LogP contribution is -2.41. The van der Waals surface area contributed by atoms with Crippen LogP contribution in [0.15, 0.2) is 45.8 Å². The number of oxazole rings is 1. The Morgan fingerprint density at radius 3 is 3.03 bits per heavy atom. The van der Waals surface area contributed by atoms with E-state index in [1.807, 2.05) is 0 Å². The number of hydrogen-bond acceptors (Lipinski definition) is 8. The Labute approximate surface area is 178 Å². The van der Waals surface area contributed by atoms with Crippen molar-refractivity contribution in [3.63, 3.8) is 0 Å². The summed E-state index contributed by atoms with van der Waals surface area (Å²) in [6.07, 6.45) is 5.38. The number of carbonyl (C=O) groups is 1. The molecule has 1 atom stereocenters. The third-order valence-corrected chi connectivity index (χ3v) is 5.35. The number of fused-ring (bicyclic) bond motifs is 2. The quantitative estimate of drug-likeness (QED) is 0.457. The van der Waals surface area contributed by atoms with Gasteiger partial charge >= 0.3 is 11.8 Å². The number of halogens is 1. The summed E-state index contributed by atoms with van der Waals surface area (Å²) in [7, 11) is 1.76. The lowest BCUT2D eigenvalue weighted by Gasteiger charge is -2.31. The van der Waals surface area contributed by atoms with Gasteiger partial charge in [0.15, 0.2) is 11.6 Å². The largest absolute Gasteiger partial charge is 0.438 e.